The zero-order valence-electron chi connectivity index (χ0n) is 9.90. The summed E-state index contributed by atoms with van der Waals surface area (Å²) in [7, 11) is 0. The number of rotatable bonds is 3. The number of hydrogen-bond acceptors (Lipinski definition) is 4. The number of pyridine rings is 1. The van der Waals surface area contributed by atoms with E-state index < -0.39 is 0 Å². The molecule has 0 aliphatic carbocycles. The van der Waals surface area contributed by atoms with Crippen LogP contribution in [-0.4, -0.2) is 11.2 Å². The molecular formula is C13H15N3S. The molecule has 1 heterocycles. The Morgan fingerprint density at radius 1 is 1.24 bits per heavy atom. The van der Waals surface area contributed by atoms with Crippen LogP contribution in [0.3, 0.4) is 0 Å². The smallest absolute Gasteiger partial charge is 0.130 e. The third-order valence-electron chi connectivity index (χ3n) is 2.51. The van der Waals surface area contributed by atoms with Gasteiger partial charge in [-0.1, -0.05) is 0 Å². The van der Waals surface area contributed by atoms with Gasteiger partial charge in [-0.25, -0.2) is 4.98 Å². The predicted molar refractivity (Wildman–Crippen MR) is 74.9 cm³/mol. The van der Waals surface area contributed by atoms with Gasteiger partial charge in [0.25, 0.3) is 0 Å². The monoisotopic (exact) mass is 245 g/mol. The second kappa shape index (κ2) is 5.10. The van der Waals surface area contributed by atoms with Crippen molar-refractivity contribution in [2.45, 2.75) is 11.8 Å². The van der Waals surface area contributed by atoms with E-state index in [0.29, 0.717) is 5.69 Å². The van der Waals surface area contributed by atoms with Crippen molar-refractivity contribution in [3.05, 3.63) is 42.1 Å². The predicted octanol–water partition coefficient (Wildman–Crippen LogP) is 3.44. The molecule has 17 heavy (non-hydrogen) atoms. The van der Waals surface area contributed by atoms with Crippen molar-refractivity contribution >= 4 is 29.0 Å². The number of benzene rings is 1. The lowest BCUT2D eigenvalue weighted by Crippen LogP contribution is -1.97. The molecule has 4 heteroatoms. The summed E-state index contributed by atoms with van der Waals surface area (Å²) in [5, 5.41) is 3.25. The fraction of sp³-hybridized carbons (Fsp3) is 0.154. The third-order valence-corrected chi connectivity index (χ3v) is 3.26. The molecule has 3 nitrogen and oxygen atoms in total. The van der Waals surface area contributed by atoms with Crippen LogP contribution in [0.5, 0.6) is 0 Å². The van der Waals surface area contributed by atoms with Crippen molar-refractivity contribution in [1.29, 1.82) is 0 Å². The van der Waals surface area contributed by atoms with Crippen molar-refractivity contribution in [2.24, 2.45) is 0 Å². The zero-order valence-corrected chi connectivity index (χ0v) is 10.7. The number of nitrogens with one attached hydrogen (secondary N) is 1. The summed E-state index contributed by atoms with van der Waals surface area (Å²) < 4.78 is 0. The van der Waals surface area contributed by atoms with Gasteiger partial charge in [0.1, 0.15) is 5.82 Å². The highest BCUT2D eigenvalue weighted by Crippen LogP contribution is 2.21. The standard InChI is InChI=1S/C13H15N3S/c1-9-7-13(15-8-12(9)14)16-10-3-5-11(17-2)6-4-10/h3-8H,14H2,1-2H3,(H,15,16). The number of nitrogens with two attached hydrogens (primary N) is 1. The van der Waals surface area contributed by atoms with Crippen LogP contribution in [0.1, 0.15) is 5.56 Å². The Hall–Kier alpha value is -1.68. The average Bonchev–Trinajstić information content (AvgIpc) is 2.35. The highest BCUT2D eigenvalue weighted by Gasteiger charge is 1.99. The molecule has 0 fully saturated rings. The van der Waals surface area contributed by atoms with E-state index in [4.69, 9.17) is 5.73 Å². The molecule has 2 aromatic rings. The number of nitrogens with zero attached hydrogens (tertiary/aromatic N) is 1. The molecule has 0 saturated carbocycles. The van der Waals surface area contributed by atoms with E-state index >= 15 is 0 Å². The molecule has 0 unspecified atom stereocenters. The quantitative estimate of drug-likeness (QED) is 0.813. The largest absolute Gasteiger partial charge is 0.397 e. The lowest BCUT2D eigenvalue weighted by Gasteiger charge is -2.08. The first-order valence-corrected chi connectivity index (χ1v) is 6.54. The summed E-state index contributed by atoms with van der Waals surface area (Å²) in [6, 6.07) is 10.2. The Morgan fingerprint density at radius 3 is 2.53 bits per heavy atom. The summed E-state index contributed by atoms with van der Waals surface area (Å²) in [6.07, 6.45) is 3.74. The Labute approximate surface area is 105 Å². The first-order valence-electron chi connectivity index (χ1n) is 5.32. The van der Waals surface area contributed by atoms with Crippen LogP contribution in [0.2, 0.25) is 0 Å². The van der Waals surface area contributed by atoms with E-state index in [-0.39, 0.29) is 0 Å². The van der Waals surface area contributed by atoms with E-state index in [1.165, 1.54) is 4.90 Å². The first kappa shape index (κ1) is 11.8. The molecule has 88 valence electrons. The van der Waals surface area contributed by atoms with E-state index in [1.54, 1.807) is 18.0 Å². The zero-order chi connectivity index (χ0) is 12.3. The summed E-state index contributed by atoms with van der Waals surface area (Å²) in [5.41, 5.74) is 8.50. The summed E-state index contributed by atoms with van der Waals surface area (Å²) in [5.74, 6) is 0.814. The van der Waals surface area contributed by atoms with Crippen molar-refractivity contribution in [1.82, 2.24) is 4.98 Å². The van der Waals surface area contributed by atoms with Crippen LogP contribution in [0.25, 0.3) is 0 Å². The van der Waals surface area contributed by atoms with Crippen molar-refractivity contribution < 1.29 is 0 Å². The molecule has 3 N–H and O–H groups in total. The Morgan fingerprint density at radius 2 is 1.94 bits per heavy atom. The number of thioether (sulfide) groups is 1. The molecule has 1 aromatic carbocycles. The number of hydrogen-bond donors (Lipinski definition) is 2. The minimum atomic E-state index is 0.716. The van der Waals surface area contributed by atoms with E-state index in [0.717, 1.165) is 17.1 Å². The van der Waals surface area contributed by atoms with Gasteiger partial charge in [-0.05, 0) is 49.1 Å². The van der Waals surface area contributed by atoms with Gasteiger partial charge in [0.15, 0.2) is 0 Å². The van der Waals surface area contributed by atoms with Crippen LogP contribution in [0.4, 0.5) is 17.2 Å². The molecule has 2 rings (SSSR count). The maximum Gasteiger partial charge on any atom is 0.130 e. The molecule has 0 radical (unpaired) electrons. The number of aromatic nitrogens is 1. The maximum atomic E-state index is 5.73. The van der Waals surface area contributed by atoms with E-state index in [9.17, 15) is 0 Å². The molecule has 0 spiro atoms. The molecule has 1 aromatic heterocycles. The highest BCUT2D eigenvalue weighted by atomic mass is 32.2. The molecule has 0 amide bonds. The first-order chi connectivity index (χ1) is 8.19. The number of anilines is 3. The van der Waals surface area contributed by atoms with Crippen molar-refractivity contribution in [3.8, 4) is 0 Å². The second-order valence-corrected chi connectivity index (χ2v) is 4.66. The van der Waals surface area contributed by atoms with Crippen LogP contribution in [-0.2, 0) is 0 Å². The van der Waals surface area contributed by atoms with Gasteiger partial charge >= 0.3 is 0 Å². The summed E-state index contributed by atoms with van der Waals surface area (Å²) in [6.45, 7) is 1.97. The lowest BCUT2D eigenvalue weighted by atomic mass is 10.2. The molecule has 0 saturated heterocycles. The summed E-state index contributed by atoms with van der Waals surface area (Å²) in [4.78, 5) is 5.48. The second-order valence-electron chi connectivity index (χ2n) is 3.78. The SMILES string of the molecule is CSc1ccc(Nc2cc(C)c(N)cn2)cc1. The van der Waals surface area contributed by atoms with Crippen molar-refractivity contribution in [3.63, 3.8) is 0 Å². The van der Waals surface area contributed by atoms with Crippen LogP contribution < -0.4 is 11.1 Å². The Kier molecular flexibility index (Phi) is 3.54. The van der Waals surface area contributed by atoms with Gasteiger partial charge in [0, 0.05) is 10.6 Å². The third kappa shape index (κ3) is 2.91. The fourth-order valence-corrected chi connectivity index (χ4v) is 1.87. The molecular weight excluding hydrogens is 230 g/mol. The van der Waals surface area contributed by atoms with E-state index in [1.807, 2.05) is 25.1 Å². The minimum absolute atomic E-state index is 0.716. The van der Waals surface area contributed by atoms with Gasteiger partial charge in [-0.15, -0.1) is 11.8 Å². The number of aryl methyl sites for hydroxylation is 1. The van der Waals surface area contributed by atoms with Crippen LogP contribution >= 0.6 is 11.8 Å². The Balaban J connectivity index is 2.16. The van der Waals surface area contributed by atoms with Crippen LogP contribution in [0, 0.1) is 6.92 Å². The van der Waals surface area contributed by atoms with E-state index in [2.05, 4.69) is 28.7 Å². The van der Waals surface area contributed by atoms with Crippen molar-refractivity contribution in [2.75, 3.05) is 17.3 Å². The van der Waals surface area contributed by atoms with Gasteiger partial charge in [0.2, 0.25) is 0 Å². The summed E-state index contributed by atoms with van der Waals surface area (Å²) >= 11 is 1.73. The topological polar surface area (TPSA) is 50.9 Å². The lowest BCUT2D eigenvalue weighted by molar-refractivity contribution is 1.27. The Bertz CT molecular complexity index is 509. The molecule has 0 aliphatic rings. The highest BCUT2D eigenvalue weighted by molar-refractivity contribution is 7.98. The van der Waals surface area contributed by atoms with Crippen LogP contribution in [0.15, 0.2) is 41.4 Å². The fourth-order valence-electron chi connectivity index (χ4n) is 1.46. The maximum absolute atomic E-state index is 5.73. The molecule has 0 aliphatic heterocycles. The normalized spacial score (nSPS) is 10.2. The van der Waals surface area contributed by atoms with Gasteiger partial charge < -0.3 is 11.1 Å². The van der Waals surface area contributed by atoms with Gasteiger partial charge in [-0.2, -0.15) is 0 Å². The molecule has 0 atom stereocenters. The van der Waals surface area contributed by atoms with Gasteiger partial charge in [-0.3, -0.25) is 0 Å². The molecule has 0 bridgehead atoms. The average molecular weight is 245 g/mol. The van der Waals surface area contributed by atoms with Gasteiger partial charge in [0.05, 0.1) is 11.9 Å². The minimum Gasteiger partial charge on any atom is -0.397 e. The number of nitrogen functional groups attached to an aromatic ring is 1.